The molecule has 4 rings (SSSR count). The molecular weight excluding hydrogens is 370 g/mol. The van der Waals surface area contributed by atoms with Gasteiger partial charge in [-0.3, -0.25) is 9.69 Å². The minimum absolute atomic E-state index is 0.0709. The SMILES string of the molecule is CCN1CC[C@@]2(O)[C@H]3Cc4ccc(O)cc4[C@@]2(CCN3C)CC(=O)N(CC)C1=O. The highest BCUT2D eigenvalue weighted by atomic mass is 16.3. The molecule has 1 aromatic carbocycles. The lowest BCUT2D eigenvalue weighted by molar-refractivity contribution is -0.157. The summed E-state index contributed by atoms with van der Waals surface area (Å²) < 4.78 is 0. The first-order valence-electron chi connectivity index (χ1n) is 10.6. The van der Waals surface area contributed by atoms with Gasteiger partial charge in [-0.15, -0.1) is 0 Å². The number of benzene rings is 1. The van der Waals surface area contributed by atoms with Crippen molar-refractivity contribution in [3.63, 3.8) is 0 Å². The molecule has 0 saturated carbocycles. The zero-order chi connectivity index (χ0) is 21.0. The maximum Gasteiger partial charge on any atom is 0.326 e. The van der Waals surface area contributed by atoms with Crippen LogP contribution in [0.1, 0.15) is 44.2 Å². The predicted molar refractivity (Wildman–Crippen MR) is 109 cm³/mol. The highest BCUT2D eigenvalue weighted by molar-refractivity contribution is 5.95. The fraction of sp³-hybridized carbons (Fsp3) is 0.636. The van der Waals surface area contributed by atoms with Gasteiger partial charge in [0.2, 0.25) is 5.91 Å². The van der Waals surface area contributed by atoms with Crippen LogP contribution in [0.2, 0.25) is 0 Å². The van der Waals surface area contributed by atoms with E-state index in [1.165, 1.54) is 4.90 Å². The molecular formula is C22H31N3O4. The number of aliphatic hydroxyl groups is 1. The summed E-state index contributed by atoms with van der Waals surface area (Å²) in [5.74, 6) is -0.112. The third-order valence-corrected chi connectivity index (χ3v) is 7.54. The van der Waals surface area contributed by atoms with Gasteiger partial charge < -0.3 is 20.0 Å². The van der Waals surface area contributed by atoms with E-state index in [9.17, 15) is 19.8 Å². The Bertz CT molecular complexity index is 843. The van der Waals surface area contributed by atoms with E-state index in [0.29, 0.717) is 38.9 Å². The summed E-state index contributed by atoms with van der Waals surface area (Å²) in [7, 11) is 2.02. The van der Waals surface area contributed by atoms with Crippen molar-refractivity contribution < 1.29 is 19.8 Å². The van der Waals surface area contributed by atoms with Gasteiger partial charge in [-0.2, -0.15) is 0 Å². The number of hydrogen-bond donors (Lipinski definition) is 2. The van der Waals surface area contributed by atoms with E-state index in [1.54, 1.807) is 17.0 Å². The quantitative estimate of drug-likeness (QED) is 0.788. The summed E-state index contributed by atoms with van der Waals surface area (Å²) in [6.07, 6.45) is 1.75. The van der Waals surface area contributed by atoms with Crippen LogP contribution in [0.4, 0.5) is 4.79 Å². The number of nitrogens with zero attached hydrogens (tertiary/aromatic N) is 3. The smallest absolute Gasteiger partial charge is 0.326 e. The first kappa shape index (κ1) is 20.2. The van der Waals surface area contributed by atoms with Crippen LogP contribution in [0, 0.1) is 0 Å². The number of phenolic OH excluding ortho intramolecular Hbond substituents is 1. The van der Waals surface area contributed by atoms with Gasteiger partial charge in [-0.25, -0.2) is 4.79 Å². The molecule has 1 aromatic rings. The van der Waals surface area contributed by atoms with E-state index in [4.69, 9.17) is 0 Å². The molecule has 7 heteroatoms. The van der Waals surface area contributed by atoms with Crippen LogP contribution in [0.3, 0.4) is 0 Å². The van der Waals surface area contributed by atoms with Gasteiger partial charge in [0.05, 0.1) is 5.60 Å². The molecule has 3 atom stereocenters. The Hall–Kier alpha value is -2.12. The monoisotopic (exact) mass is 401 g/mol. The second-order valence-electron chi connectivity index (χ2n) is 8.73. The molecule has 2 fully saturated rings. The average molecular weight is 402 g/mol. The number of rotatable bonds is 2. The topological polar surface area (TPSA) is 84.3 Å². The van der Waals surface area contributed by atoms with E-state index >= 15 is 0 Å². The molecule has 0 unspecified atom stereocenters. The number of hydrogen-bond acceptors (Lipinski definition) is 5. The Morgan fingerprint density at radius 2 is 1.90 bits per heavy atom. The number of likely N-dealkylation sites (N-methyl/N-ethyl adjacent to an activating group) is 1. The minimum Gasteiger partial charge on any atom is -0.508 e. The molecule has 2 N–H and O–H groups in total. The summed E-state index contributed by atoms with van der Waals surface area (Å²) in [5, 5.41) is 22.5. The van der Waals surface area contributed by atoms with Crippen molar-refractivity contribution in [3.8, 4) is 5.75 Å². The van der Waals surface area contributed by atoms with Crippen molar-refractivity contribution in [3.05, 3.63) is 29.3 Å². The number of urea groups is 1. The molecule has 29 heavy (non-hydrogen) atoms. The Morgan fingerprint density at radius 3 is 2.59 bits per heavy atom. The summed E-state index contributed by atoms with van der Waals surface area (Å²) in [6, 6.07) is 4.90. The lowest BCUT2D eigenvalue weighted by Crippen LogP contribution is -2.71. The molecule has 0 spiro atoms. The maximum atomic E-state index is 13.4. The van der Waals surface area contributed by atoms with E-state index in [1.807, 2.05) is 27.0 Å². The minimum atomic E-state index is -1.16. The average Bonchev–Trinajstić information content (AvgIpc) is 2.71. The fourth-order valence-electron chi connectivity index (χ4n) is 5.89. The summed E-state index contributed by atoms with van der Waals surface area (Å²) in [5.41, 5.74) is -0.0391. The highest BCUT2D eigenvalue weighted by Gasteiger charge is 2.63. The highest BCUT2D eigenvalue weighted by Crippen LogP contribution is 2.55. The molecule has 158 valence electrons. The van der Waals surface area contributed by atoms with Gasteiger partial charge in [-0.05, 0) is 70.0 Å². The van der Waals surface area contributed by atoms with Crippen molar-refractivity contribution >= 4 is 11.9 Å². The normalized spacial score (nSPS) is 32.9. The van der Waals surface area contributed by atoms with Crippen LogP contribution in [0.15, 0.2) is 18.2 Å². The summed E-state index contributed by atoms with van der Waals surface area (Å²) in [6.45, 7) is 5.66. The largest absolute Gasteiger partial charge is 0.508 e. The van der Waals surface area contributed by atoms with Crippen molar-refractivity contribution in [2.24, 2.45) is 0 Å². The van der Waals surface area contributed by atoms with Gasteiger partial charge in [0.25, 0.3) is 0 Å². The number of phenols is 1. The number of piperidine rings is 1. The van der Waals surface area contributed by atoms with Crippen molar-refractivity contribution in [2.45, 2.75) is 56.6 Å². The molecule has 2 heterocycles. The summed E-state index contributed by atoms with van der Waals surface area (Å²) >= 11 is 0. The van der Waals surface area contributed by atoms with Crippen LogP contribution in [0.5, 0.6) is 5.75 Å². The molecule has 0 radical (unpaired) electrons. The van der Waals surface area contributed by atoms with Crippen molar-refractivity contribution in [2.75, 3.05) is 33.2 Å². The number of amides is 3. The molecule has 3 amide bonds. The lowest BCUT2D eigenvalue weighted by Gasteiger charge is -2.61. The van der Waals surface area contributed by atoms with Gasteiger partial charge in [-0.1, -0.05) is 6.07 Å². The number of carbonyl (C=O) groups excluding carboxylic acids is 2. The van der Waals surface area contributed by atoms with Gasteiger partial charge in [0, 0.05) is 37.5 Å². The first-order valence-corrected chi connectivity index (χ1v) is 10.6. The van der Waals surface area contributed by atoms with Gasteiger partial charge in [0.1, 0.15) is 5.75 Å². The van der Waals surface area contributed by atoms with Crippen LogP contribution in [-0.2, 0) is 16.6 Å². The summed E-state index contributed by atoms with van der Waals surface area (Å²) in [4.78, 5) is 31.5. The standard InChI is InChI=1S/C22H31N3O4/c1-4-24-11-9-22(29)18-12-15-6-7-16(26)13-17(15)21(22,8-10-23(18)3)14-19(27)25(5-2)20(24)28/h6-7,13,18,26,29H,4-5,8-12,14H2,1-3H3/t18-,21-,22-/m1/s1. The van der Waals surface area contributed by atoms with Crippen LogP contribution in [0.25, 0.3) is 0 Å². The molecule has 3 aliphatic rings. The third kappa shape index (κ3) is 2.78. The molecule has 1 aliphatic carbocycles. The Kier molecular flexibility index (Phi) is 4.86. The van der Waals surface area contributed by atoms with Gasteiger partial charge in [0.15, 0.2) is 0 Å². The van der Waals surface area contributed by atoms with Crippen molar-refractivity contribution in [1.82, 2.24) is 14.7 Å². The first-order chi connectivity index (χ1) is 13.8. The molecule has 0 aromatic heterocycles. The van der Waals surface area contributed by atoms with Crippen LogP contribution >= 0.6 is 0 Å². The van der Waals surface area contributed by atoms with Gasteiger partial charge >= 0.3 is 6.03 Å². The molecule has 7 nitrogen and oxygen atoms in total. The molecule has 2 aliphatic heterocycles. The maximum absolute atomic E-state index is 13.4. The van der Waals surface area contributed by atoms with E-state index in [2.05, 4.69) is 4.90 Å². The number of aromatic hydroxyl groups is 1. The number of fused-ring (bicyclic) bond motifs is 1. The van der Waals surface area contributed by atoms with E-state index in [-0.39, 0.29) is 30.2 Å². The van der Waals surface area contributed by atoms with Crippen LogP contribution in [-0.4, -0.2) is 81.7 Å². The fourth-order valence-corrected chi connectivity index (χ4v) is 5.89. The van der Waals surface area contributed by atoms with E-state index in [0.717, 1.165) is 17.7 Å². The molecule has 2 saturated heterocycles. The zero-order valence-electron chi connectivity index (χ0n) is 17.5. The Labute approximate surface area is 171 Å². The zero-order valence-corrected chi connectivity index (χ0v) is 17.5. The Morgan fingerprint density at radius 1 is 1.14 bits per heavy atom. The third-order valence-electron chi connectivity index (χ3n) is 7.54. The number of imide groups is 1. The second kappa shape index (κ2) is 6.99. The van der Waals surface area contributed by atoms with Crippen LogP contribution < -0.4 is 0 Å². The second-order valence-corrected chi connectivity index (χ2v) is 8.73. The van der Waals surface area contributed by atoms with E-state index < -0.39 is 11.0 Å². The number of carbonyl (C=O) groups is 2. The lowest BCUT2D eigenvalue weighted by atomic mass is 9.52. The Balaban J connectivity index is 1.93. The predicted octanol–water partition coefficient (Wildman–Crippen LogP) is 1.71. The number of likely N-dealkylation sites (tertiary alicyclic amines) is 1. The van der Waals surface area contributed by atoms with Crippen molar-refractivity contribution in [1.29, 1.82) is 0 Å². The molecule has 2 bridgehead atoms.